The van der Waals surface area contributed by atoms with Crippen LogP contribution in [-0.2, 0) is 18.3 Å². The van der Waals surface area contributed by atoms with Crippen molar-refractivity contribution in [2.24, 2.45) is 7.05 Å². The lowest BCUT2D eigenvalue weighted by Gasteiger charge is -2.02. The Hall–Kier alpha value is -1.25. The van der Waals surface area contributed by atoms with Gasteiger partial charge in [0.2, 0.25) is 0 Å². The molecule has 1 N–H and O–H groups in total. The van der Waals surface area contributed by atoms with Crippen LogP contribution in [0.3, 0.4) is 0 Å². The maximum absolute atomic E-state index is 10.3. The minimum absolute atomic E-state index is 0.298. The summed E-state index contributed by atoms with van der Waals surface area (Å²) in [5.41, 5.74) is 4.02. The summed E-state index contributed by atoms with van der Waals surface area (Å²) < 4.78 is 2.20. The van der Waals surface area contributed by atoms with Crippen molar-refractivity contribution in [3.63, 3.8) is 0 Å². The Kier molecular flexibility index (Phi) is 4.59. The van der Waals surface area contributed by atoms with Gasteiger partial charge in [-0.15, -0.1) is 0 Å². The highest BCUT2D eigenvalue weighted by molar-refractivity contribution is 5.66. The van der Waals surface area contributed by atoms with E-state index in [2.05, 4.69) is 31.5 Å². The molecular formula is C13H21NO2. The predicted molar refractivity (Wildman–Crippen MR) is 64.7 cm³/mol. The maximum Gasteiger partial charge on any atom is 0.303 e. The maximum atomic E-state index is 10.3. The molecule has 0 saturated heterocycles. The number of aromatic nitrogens is 1. The van der Waals surface area contributed by atoms with Crippen LogP contribution in [-0.4, -0.2) is 15.6 Å². The summed E-state index contributed by atoms with van der Waals surface area (Å²) in [5, 5.41) is 8.51. The van der Waals surface area contributed by atoms with Gasteiger partial charge in [-0.25, -0.2) is 0 Å². The third-order valence-electron chi connectivity index (χ3n) is 3.22. The second kappa shape index (κ2) is 5.73. The largest absolute Gasteiger partial charge is 0.481 e. The van der Waals surface area contributed by atoms with Gasteiger partial charge < -0.3 is 9.67 Å². The van der Waals surface area contributed by atoms with Crippen molar-refractivity contribution in [2.75, 3.05) is 0 Å². The number of unbranched alkanes of at least 4 members (excludes halogenated alkanes) is 2. The molecular weight excluding hydrogens is 202 g/mol. The summed E-state index contributed by atoms with van der Waals surface area (Å²) in [6.07, 6.45) is 4.23. The van der Waals surface area contributed by atoms with E-state index in [1.54, 1.807) is 0 Å². The lowest BCUT2D eigenvalue weighted by atomic mass is 10.1. The fraction of sp³-hybridized carbons (Fsp3) is 0.615. The number of hydrogen-bond donors (Lipinski definition) is 1. The highest BCUT2D eigenvalue weighted by Gasteiger charge is 2.05. The first kappa shape index (κ1) is 12.8. The third kappa shape index (κ3) is 3.40. The standard InChI is InChI=1S/C13H21NO2/c1-10-9-12(11(2)14(10)3)7-5-4-6-8-13(15)16/h9H,4-8H2,1-3H3,(H,15,16). The number of aryl methyl sites for hydroxylation is 2. The quantitative estimate of drug-likeness (QED) is 0.753. The zero-order valence-electron chi connectivity index (χ0n) is 10.4. The summed E-state index contributed by atoms with van der Waals surface area (Å²) in [6, 6.07) is 2.23. The van der Waals surface area contributed by atoms with E-state index in [0.29, 0.717) is 6.42 Å². The summed E-state index contributed by atoms with van der Waals surface area (Å²) in [4.78, 5) is 10.3. The lowest BCUT2D eigenvalue weighted by molar-refractivity contribution is -0.137. The first-order valence-corrected chi connectivity index (χ1v) is 5.86. The van der Waals surface area contributed by atoms with E-state index >= 15 is 0 Å². The Morgan fingerprint density at radius 3 is 2.50 bits per heavy atom. The smallest absolute Gasteiger partial charge is 0.303 e. The highest BCUT2D eigenvalue weighted by Crippen LogP contribution is 2.16. The Morgan fingerprint density at radius 2 is 2.00 bits per heavy atom. The molecule has 3 nitrogen and oxygen atoms in total. The molecule has 0 bridgehead atoms. The zero-order chi connectivity index (χ0) is 12.1. The van der Waals surface area contributed by atoms with E-state index in [4.69, 9.17) is 5.11 Å². The summed E-state index contributed by atoms with van der Waals surface area (Å²) in [6.45, 7) is 4.25. The summed E-state index contributed by atoms with van der Waals surface area (Å²) in [5.74, 6) is -0.688. The highest BCUT2D eigenvalue weighted by atomic mass is 16.4. The van der Waals surface area contributed by atoms with Gasteiger partial charge in [0.1, 0.15) is 0 Å². The Labute approximate surface area is 97.1 Å². The van der Waals surface area contributed by atoms with Crippen LogP contribution in [0.5, 0.6) is 0 Å². The minimum Gasteiger partial charge on any atom is -0.481 e. The van der Waals surface area contributed by atoms with E-state index in [1.165, 1.54) is 17.0 Å². The van der Waals surface area contributed by atoms with Crippen molar-refractivity contribution in [1.29, 1.82) is 0 Å². The molecule has 1 aromatic rings. The van der Waals surface area contributed by atoms with Crippen LogP contribution in [0, 0.1) is 13.8 Å². The van der Waals surface area contributed by atoms with Crippen molar-refractivity contribution in [1.82, 2.24) is 4.57 Å². The fourth-order valence-corrected chi connectivity index (χ4v) is 1.95. The molecule has 1 heterocycles. The van der Waals surface area contributed by atoms with Crippen LogP contribution < -0.4 is 0 Å². The van der Waals surface area contributed by atoms with Gasteiger partial charge in [-0.3, -0.25) is 4.79 Å². The zero-order valence-corrected chi connectivity index (χ0v) is 10.4. The van der Waals surface area contributed by atoms with E-state index in [9.17, 15) is 4.79 Å². The Balaban J connectivity index is 2.32. The van der Waals surface area contributed by atoms with Crippen molar-refractivity contribution in [3.05, 3.63) is 23.0 Å². The van der Waals surface area contributed by atoms with E-state index in [0.717, 1.165) is 25.7 Å². The molecule has 0 aromatic carbocycles. The van der Waals surface area contributed by atoms with E-state index in [-0.39, 0.29) is 0 Å². The molecule has 0 aliphatic carbocycles. The molecule has 0 atom stereocenters. The summed E-state index contributed by atoms with van der Waals surface area (Å²) in [7, 11) is 2.08. The normalized spacial score (nSPS) is 10.7. The van der Waals surface area contributed by atoms with Crippen molar-refractivity contribution in [2.45, 2.75) is 46.0 Å². The van der Waals surface area contributed by atoms with Gasteiger partial charge in [0.25, 0.3) is 0 Å². The molecule has 0 amide bonds. The number of carboxylic acid groups (broad SMARTS) is 1. The molecule has 0 spiro atoms. The van der Waals surface area contributed by atoms with Crippen LogP contribution in [0.2, 0.25) is 0 Å². The van der Waals surface area contributed by atoms with Crippen molar-refractivity contribution < 1.29 is 9.90 Å². The van der Waals surface area contributed by atoms with E-state index < -0.39 is 5.97 Å². The average Bonchev–Trinajstić information content (AvgIpc) is 2.45. The average molecular weight is 223 g/mol. The molecule has 0 aliphatic heterocycles. The van der Waals surface area contributed by atoms with Gasteiger partial charge in [0, 0.05) is 24.9 Å². The first-order valence-electron chi connectivity index (χ1n) is 5.86. The summed E-state index contributed by atoms with van der Waals surface area (Å²) >= 11 is 0. The van der Waals surface area contributed by atoms with Gasteiger partial charge in [0.05, 0.1) is 0 Å². The van der Waals surface area contributed by atoms with Crippen LogP contribution in [0.15, 0.2) is 6.07 Å². The molecule has 16 heavy (non-hydrogen) atoms. The molecule has 90 valence electrons. The molecule has 3 heteroatoms. The topological polar surface area (TPSA) is 42.2 Å². The van der Waals surface area contributed by atoms with Gasteiger partial charge in [-0.05, 0) is 44.7 Å². The number of hydrogen-bond acceptors (Lipinski definition) is 1. The van der Waals surface area contributed by atoms with Gasteiger partial charge >= 0.3 is 5.97 Å². The van der Waals surface area contributed by atoms with Gasteiger partial charge in [-0.1, -0.05) is 6.42 Å². The number of rotatable bonds is 6. The lowest BCUT2D eigenvalue weighted by Crippen LogP contribution is -1.96. The molecule has 1 aromatic heterocycles. The minimum atomic E-state index is -0.688. The molecule has 1 rings (SSSR count). The number of carbonyl (C=O) groups is 1. The predicted octanol–water partition coefficient (Wildman–Crippen LogP) is 2.83. The molecule has 0 radical (unpaired) electrons. The van der Waals surface area contributed by atoms with Crippen LogP contribution in [0.4, 0.5) is 0 Å². The SMILES string of the molecule is Cc1cc(CCCCCC(=O)O)c(C)n1C. The van der Waals surface area contributed by atoms with Crippen LogP contribution in [0.25, 0.3) is 0 Å². The second-order valence-electron chi connectivity index (χ2n) is 4.41. The number of aliphatic carboxylic acids is 1. The third-order valence-corrected chi connectivity index (χ3v) is 3.22. The monoisotopic (exact) mass is 223 g/mol. The fourth-order valence-electron chi connectivity index (χ4n) is 1.95. The Bertz CT molecular complexity index is 366. The number of nitrogens with zero attached hydrogens (tertiary/aromatic N) is 1. The number of carboxylic acids is 1. The molecule has 0 unspecified atom stereocenters. The molecule has 0 fully saturated rings. The van der Waals surface area contributed by atoms with Crippen LogP contribution in [0.1, 0.15) is 42.6 Å². The van der Waals surface area contributed by atoms with Crippen molar-refractivity contribution in [3.8, 4) is 0 Å². The first-order chi connectivity index (χ1) is 7.52. The van der Waals surface area contributed by atoms with Crippen molar-refractivity contribution >= 4 is 5.97 Å². The van der Waals surface area contributed by atoms with E-state index in [1.807, 2.05) is 0 Å². The Morgan fingerprint density at radius 1 is 1.31 bits per heavy atom. The molecule has 0 aliphatic rings. The molecule has 0 saturated carbocycles. The van der Waals surface area contributed by atoms with Gasteiger partial charge in [-0.2, -0.15) is 0 Å². The van der Waals surface area contributed by atoms with Gasteiger partial charge in [0.15, 0.2) is 0 Å². The van der Waals surface area contributed by atoms with Crippen LogP contribution >= 0.6 is 0 Å². The second-order valence-corrected chi connectivity index (χ2v) is 4.41.